The highest BCUT2D eigenvalue weighted by molar-refractivity contribution is 5.40. The van der Waals surface area contributed by atoms with Crippen molar-refractivity contribution in [2.24, 2.45) is 11.8 Å². The summed E-state index contributed by atoms with van der Waals surface area (Å²) in [6, 6.07) is 3.73. The van der Waals surface area contributed by atoms with E-state index in [1.165, 1.54) is 19.3 Å². The van der Waals surface area contributed by atoms with E-state index in [1.54, 1.807) is 6.20 Å². The minimum Gasteiger partial charge on any atom is -0.388 e. The number of pyridine rings is 1. The van der Waals surface area contributed by atoms with Gasteiger partial charge in [0, 0.05) is 11.8 Å². The molecular weight excluding hydrogens is 212 g/mol. The molecule has 2 rings (SSSR count). The molecule has 3 heteroatoms. The molecule has 3 nitrogen and oxygen atoms in total. The summed E-state index contributed by atoms with van der Waals surface area (Å²) in [5.41, 5.74) is 6.62. The van der Waals surface area contributed by atoms with Crippen LogP contribution in [0.25, 0.3) is 0 Å². The molecule has 1 heterocycles. The molecule has 3 N–H and O–H groups in total. The number of rotatable bonds is 3. The van der Waals surface area contributed by atoms with Crippen LogP contribution in [0.15, 0.2) is 18.3 Å². The van der Waals surface area contributed by atoms with Gasteiger partial charge < -0.3 is 10.8 Å². The van der Waals surface area contributed by atoms with E-state index in [2.05, 4.69) is 11.9 Å². The maximum absolute atomic E-state index is 10.4. The SMILES string of the molecule is CCC1CCCC(C(O)c2cccnc2N)C1. The third-order valence-electron chi connectivity index (χ3n) is 4.04. The number of nitrogens with two attached hydrogens (primary N) is 1. The molecule has 1 aromatic rings. The van der Waals surface area contributed by atoms with Gasteiger partial charge in [-0.1, -0.05) is 32.3 Å². The minimum atomic E-state index is -0.446. The van der Waals surface area contributed by atoms with E-state index in [1.807, 2.05) is 12.1 Å². The number of aliphatic hydroxyl groups excluding tert-OH is 1. The highest BCUT2D eigenvalue weighted by Crippen LogP contribution is 2.39. The van der Waals surface area contributed by atoms with Crippen LogP contribution in [-0.2, 0) is 0 Å². The zero-order valence-electron chi connectivity index (χ0n) is 10.5. The maximum atomic E-state index is 10.4. The van der Waals surface area contributed by atoms with Gasteiger partial charge in [0.25, 0.3) is 0 Å². The number of aliphatic hydroxyl groups is 1. The van der Waals surface area contributed by atoms with Crippen molar-refractivity contribution in [1.29, 1.82) is 0 Å². The lowest BCUT2D eigenvalue weighted by molar-refractivity contribution is 0.0681. The second-order valence-electron chi connectivity index (χ2n) is 5.12. The molecule has 94 valence electrons. The van der Waals surface area contributed by atoms with E-state index in [9.17, 15) is 5.11 Å². The number of anilines is 1. The van der Waals surface area contributed by atoms with Crippen LogP contribution in [0.1, 0.15) is 50.7 Å². The molecular formula is C14H22N2O. The second kappa shape index (κ2) is 5.50. The fourth-order valence-corrected chi connectivity index (χ4v) is 2.92. The third kappa shape index (κ3) is 2.78. The first-order valence-corrected chi connectivity index (χ1v) is 6.60. The van der Waals surface area contributed by atoms with Crippen LogP contribution in [-0.4, -0.2) is 10.1 Å². The largest absolute Gasteiger partial charge is 0.388 e. The molecule has 3 atom stereocenters. The van der Waals surface area contributed by atoms with E-state index in [4.69, 9.17) is 5.73 Å². The van der Waals surface area contributed by atoms with Crippen LogP contribution in [0.2, 0.25) is 0 Å². The van der Waals surface area contributed by atoms with Crippen LogP contribution in [0.5, 0.6) is 0 Å². The second-order valence-corrected chi connectivity index (χ2v) is 5.12. The quantitative estimate of drug-likeness (QED) is 0.845. The van der Waals surface area contributed by atoms with Crippen molar-refractivity contribution in [2.45, 2.75) is 45.1 Å². The molecule has 1 saturated carbocycles. The van der Waals surface area contributed by atoms with Gasteiger partial charge >= 0.3 is 0 Å². The lowest BCUT2D eigenvalue weighted by Gasteiger charge is -2.32. The van der Waals surface area contributed by atoms with Gasteiger partial charge in [-0.15, -0.1) is 0 Å². The summed E-state index contributed by atoms with van der Waals surface area (Å²) in [4.78, 5) is 4.05. The summed E-state index contributed by atoms with van der Waals surface area (Å²) < 4.78 is 0. The number of aromatic nitrogens is 1. The standard InChI is InChI=1S/C14H22N2O/c1-2-10-5-3-6-11(9-10)13(17)12-7-4-8-16-14(12)15/h4,7-8,10-11,13,17H,2-3,5-6,9H2,1H3,(H2,15,16). The molecule has 1 aliphatic carbocycles. The Labute approximate surface area is 103 Å². The minimum absolute atomic E-state index is 0.347. The number of hydrogen-bond acceptors (Lipinski definition) is 3. The van der Waals surface area contributed by atoms with Gasteiger partial charge in [-0.25, -0.2) is 4.98 Å². The van der Waals surface area contributed by atoms with Gasteiger partial charge in [0.1, 0.15) is 5.82 Å². The summed E-state index contributed by atoms with van der Waals surface area (Å²) in [6.45, 7) is 2.23. The predicted molar refractivity (Wildman–Crippen MR) is 69.3 cm³/mol. The van der Waals surface area contributed by atoms with Gasteiger partial charge in [0.2, 0.25) is 0 Å². The van der Waals surface area contributed by atoms with Crippen LogP contribution in [0.4, 0.5) is 5.82 Å². The third-order valence-corrected chi connectivity index (χ3v) is 4.04. The Balaban J connectivity index is 2.09. The number of nitrogen functional groups attached to an aromatic ring is 1. The van der Waals surface area contributed by atoms with Crippen LogP contribution >= 0.6 is 0 Å². The molecule has 0 bridgehead atoms. The van der Waals surface area contributed by atoms with Gasteiger partial charge in [-0.3, -0.25) is 0 Å². The van der Waals surface area contributed by atoms with Gasteiger partial charge in [0.05, 0.1) is 6.10 Å². The van der Waals surface area contributed by atoms with Crippen molar-refractivity contribution in [2.75, 3.05) is 5.73 Å². The molecule has 0 saturated heterocycles. The average Bonchev–Trinajstić information content (AvgIpc) is 2.38. The van der Waals surface area contributed by atoms with Crippen molar-refractivity contribution in [1.82, 2.24) is 4.98 Å². The van der Waals surface area contributed by atoms with Crippen LogP contribution in [0.3, 0.4) is 0 Å². The highest BCUT2D eigenvalue weighted by Gasteiger charge is 2.28. The highest BCUT2D eigenvalue weighted by atomic mass is 16.3. The van der Waals surface area contributed by atoms with Crippen molar-refractivity contribution in [3.05, 3.63) is 23.9 Å². The smallest absolute Gasteiger partial charge is 0.129 e. The summed E-state index contributed by atoms with van der Waals surface area (Å²) in [5, 5.41) is 10.4. The first kappa shape index (κ1) is 12.4. The fraction of sp³-hybridized carbons (Fsp3) is 0.643. The van der Waals surface area contributed by atoms with Crippen LogP contribution in [0, 0.1) is 11.8 Å². The molecule has 1 fully saturated rings. The van der Waals surface area contributed by atoms with Gasteiger partial charge in [0.15, 0.2) is 0 Å². The van der Waals surface area contributed by atoms with Gasteiger partial charge in [-0.2, -0.15) is 0 Å². The van der Waals surface area contributed by atoms with Gasteiger partial charge in [-0.05, 0) is 30.7 Å². The first-order valence-electron chi connectivity index (χ1n) is 6.60. The Kier molecular flexibility index (Phi) is 4.00. The molecule has 0 aliphatic heterocycles. The first-order chi connectivity index (χ1) is 8.22. The zero-order chi connectivity index (χ0) is 12.3. The van der Waals surface area contributed by atoms with Crippen molar-refractivity contribution < 1.29 is 5.11 Å². The van der Waals surface area contributed by atoms with E-state index in [0.29, 0.717) is 11.7 Å². The van der Waals surface area contributed by atoms with E-state index in [-0.39, 0.29) is 0 Å². The van der Waals surface area contributed by atoms with E-state index < -0.39 is 6.10 Å². The van der Waals surface area contributed by atoms with E-state index >= 15 is 0 Å². The molecule has 0 aromatic carbocycles. The number of nitrogens with zero attached hydrogens (tertiary/aromatic N) is 1. The molecule has 0 radical (unpaired) electrons. The summed E-state index contributed by atoms with van der Waals surface area (Å²) in [6.07, 6.45) is 7.19. The van der Waals surface area contributed by atoms with Crippen LogP contribution < -0.4 is 5.73 Å². The lowest BCUT2D eigenvalue weighted by Crippen LogP contribution is -2.22. The molecule has 1 aliphatic rings. The predicted octanol–water partition coefficient (Wildman–Crippen LogP) is 2.91. The fourth-order valence-electron chi connectivity index (χ4n) is 2.92. The summed E-state index contributed by atoms with van der Waals surface area (Å²) in [7, 11) is 0. The Bertz CT molecular complexity index is 367. The topological polar surface area (TPSA) is 59.1 Å². The molecule has 17 heavy (non-hydrogen) atoms. The average molecular weight is 234 g/mol. The molecule has 0 amide bonds. The summed E-state index contributed by atoms with van der Waals surface area (Å²) in [5.74, 6) is 1.58. The van der Waals surface area contributed by atoms with Crippen molar-refractivity contribution in [3.63, 3.8) is 0 Å². The lowest BCUT2D eigenvalue weighted by atomic mass is 9.76. The Hall–Kier alpha value is -1.09. The number of hydrogen-bond donors (Lipinski definition) is 2. The molecule has 1 aromatic heterocycles. The zero-order valence-corrected chi connectivity index (χ0v) is 10.5. The Morgan fingerprint density at radius 1 is 1.53 bits per heavy atom. The van der Waals surface area contributed by atoms with Crippen molar-refractivity contribution in [3.8, 4) is 0 Å². The molecule has 0 spiro atoms. The van der Waals surface area contributed by atoms with Crippen molar-refractivity contribution >= 4 is 5.82 Å². The normalized spacial score (nSPS) is 26.7. The monoisotopic (exact) mass is 234 g/mol. The maximum Gasteiger partial charge on any atom is 0.129 e. The Morgan fingerprint density at radius 2 is 2.35 bits per heavy atom. The van der Waals surface area contributed by atoms with E-state index in [0.717, 1.165) is 24.3 Å². The Morgan fingerprint density at radius 3 is 3.06 bits per heavy atom. The molecule has 3 unspecified atom stereocenters. The summed E-state index contributed by atoms with van der Waals surface area (Å²) >= 11 is 0.